The van der Waals surface area contributed by atoms with Crippen molar-refractivity contribution < 1.29 is 18.0 Å². The van der Waals surface area contributed by atoms with Gasteiger partial charge < -0.3 is 0 Å². The van der Waals surface area contributed by atoms with Crippen LogP contribution in [0.2, 0.25) is 0 Å². The Balaban J connectivity index is 2.18. The van der Waals surface area contributed by atoms with Gasteiger partial charge in [-0.1, -0.05) is 11.6 Å². The molecule has 1 aromatic carbocycles. The number of nitrogens with zero attached hydrogens (tertiary/aromatic N) is 1. The van der Waals surface area contributed by atoms with Crippen molar-refractivity contribution in [2.75, 3.05) is 5.75 Å². The topological polar surface area (TPSA) is 92.1 Å². The molecule has 5 nitrogen and oxygen atoms in total. The quantitative estimate of drug-likeness (QED) is 0.603. The summed E-state index contributed by atoms with van der Waals surface area (Å²) < 4.78 is 23.9. The lowest BCUT2D eigenvalue weighted by Gasteiger charge is -2.15. The monoisotopic (exact) mass is 349 g/mol. The molecule has 0 fully saturated rings. The standard InChI is InChI=1S/C16H12ClNO4S/c17-12-2-1-3-13(19)15(12)16(20)10-4-5-14-9(11(10)8-18)6-7-23(14,21)22/h4-5H,1-3,6-7H2. The van der Waals surface area contributed by atoms with E-state index in [1.54, 1.807) is 0 Å². The number of hydrogen-bond donors (Lipinski definition) is 0. The van der Waals surface area contributed by atoms with Crippen molar-refractivity contribution in [3.05, 3.63) is 39.4 Å². The number of Topliss-reactive ketones (excluding diaryl/α,β-unsaturated/α-hetero) is 2. The van der Waals surface area contributed by atoms with Crippen molar-refractivity contribution in [3.63, 3.8) is 0 Å². The van der Waals surface area contributed by atoms with Gasteiger partial charge in [-0.15, -0.1) is 0 Å². The van der Waals surface area contributed by atoms with Gasteiger partial charge in [-0.25, -0.2) is 8.42 Å². The summed E-state index contributed by atoms with van der Waals surface area (Å²) in [6.45, 7) is 0. The maximum absolute atomic E-state index is 12.7. The molecule has 2 aliphatic rings. The summed E-state index contributed by atoms with van der Waals surface area (Å²) in [6, 6.07) is 4.57. The van der Waals surface area contributed by atoms with Crippen LogP contribution in [0.4, 0.5) is 0 Å². The van der Waals surface area contributed by atoms with Gasteiger partial charge in [0.1, 0.15) is 6.07 Å². The second-order valence-electron chi connectivity index (χ2n) is 5.53. The highest BCUT2D eigenvalue weighted by Crippen LogP contribution is 2.33. The Morgan fingerprint density at radius 1 is 1.22 bits per heavy atom. The van der Waals surface area contributed by atoms with Crippen LogP contribution in [0.25, 0.3) is 0 Å². The minimum absolute atomic E-state index is 0.0314. The van der Waals surface area contributed by atoms with Gasteiger partial charge in [0.15, 0.2) is 21.4 Å². The van der Waals surface area contributed by atoms with E-state index >= 15 is 0 Å². The summed E-state index contributed by atoms with van der Waals surface area (Å²) in [4.78, 5) is 24.8. The Hall–Kier alpha value is -1.97. The first-order chi connectivity index (χ1) is 10.9. The van der Waals surface area contributed by atoms with E-state index in [2.05, 4.69) is 0 Å². The van der Waals surface area contributed by atoms with Crippen LogP contribution >= 0.6 is 11.6 Å². The number of ketones is 2. The summed E-state index contributed by atoms with van der Waals surface area (Å²) in [7, 11) is -3.39. The molecule has 0 bridgehead atoms. The van der Waals surface area contributed by atoms with Gasteiger partial charge in [-0.05, 0) is 37.0 Å². The van der Waals surface area contributed by atoms with Gasteiger partial charge >= 0.3 is 0 Å². The lowest BCUT2D eigenvalue weighted by atomic mass is 9.88. The molecule has 1 heterocycles. The molecule has 0 spiro atoms. The van der Waals surface area contributed by atoms with Crippen molar-refractivity contribution in [3.8, 4) is 6.07 Å². The third-order valence-electron chi connectivity index (χ3n) is 4.16. The van der Waals surface area contributed by atoms with Gasteiger partial charge in [-0.2, -0.15) is 5.26 Å². The molecule has 23 heavy (non-hydrogen) atoms. The molecular formula is C16H12ClNO4S. The number of sulfone groups is 1. The van der Waals surface area contributed by atoms with Crippen LogP contribution in [-0.2, 0) is 21.1 Å². The number of benzene rings is 1. The fourth-order valence-corrected chi connectivity index (χ4v) is 4.89. The average molecular weight is 350 g/mol. The number of carbonyl (C=O) groups is 2. The molecule has 0 saturated heterocycles. The number of halogens is 1. The lowest BCUT2D eigenvalue weighted by molar-refractivity contribution is -0.115. The Morgan fingerprint density at radius 2 is 1.96 bits per heavy atom. The second-order valence-corrected chi connectivity index (χ2v) is 8.07. The van der Waals surface area contributed by atoms with Crippen molar-refractivity contribution in [2.24, 2.45) is 0 Å². The molecule has 0 saturated carbocycles. The van der Waals surface area contributed by atoms with Gasteiger partial charge in [-0.3, -0.25) is 9.59 Å². The fourth-order valence-electron chi connectivity index (χ4n) is 3.02. The number of carbonyl (C=O) groups excluding carboxylic acids is 2. The molecule has 0 N–H and O–H groups in total. The Labute approximate surface area is 138 Å². The normalized spacial score (nSPS) is 19.4. The summed E-state index contributed by atoms with van der Waals surface area (Å²) in [6.07, 6.45) is 1.50. The van der Waals surface area contributed by atoms with E-state index < -0.39 is 15.6 Å². The molecule has 1 aliphatic heterocycles. The maximum atomic E-state index is 12.7. The number of allylic oxidation sites excluding steroid dienone is 2. The van der Waals surface area contributed by atoms with Crippen molar-refractivity contribution in [1.29, 1.82) is 5.26 Å². The highest BCUT2D eigenvalue weighted by Gasteiger charge is 2.33. The summed E-state index contributed by atoms with van der Waals surface area (Å²) in [5.74, 6) is -0.997. The third-order valence-corrected chi connectivity index (χ3v) is 6.33. The molecule has 118 valence electrons. The number of rotatable bonds is 2. The van der Waals surface area contributed by atoms with Crippen molar-refractivity contribution in [2.45, 2.75) is 30.6 Å². The van der Waals surface area contributed by atoms with E-state index in [4.69, 9.17) is 11.6 Å². The van der Waals surface area contributed by atoms with Gasteiger partial charge in [0.25, 0.3) is 0 Å². The Kier molecular flexibility index (Phi) is 3.86. The average Bonchev–Trinajstić information content (AvgIpc) is 2.81. The molecule has 0 unspecified atom stereocenters. The Bertz CT molecular complexity index is 922. The van der Waals surface area contributed by atoms with Crippen molar-refractivity contribution >= 4 is 33.0 Å². The van der Waals surface area contributed by atoms with Crippen molar-refractivity contribution in [1.82, 2.24) is 0 Å². The number of fused-ring (bicyclic) bond motifs is 1. The first-order valence-corrected chi connectivity index (χ1v) is 9.15. The van der Waals surface area contributed by atoms with Gasteiger partial charge in [0, 0.05) is 17.0 Å². The maximum Gasteiger partial charge on any atom is 0.199 e. The van der Waals surface area contributed by atoms with Crippen LogP contribution < -0.4 is 0 Å². The molecule has 1 aromatic rings. The van der Waals surface area contributed by atoms with Crippen LogP contribution in [0, 0.1) is 11.3 Å². The molecule has 7 heteroatoms. The molecule has 3 rings (SSSR count). The highest BCUT2D eigenvalue weighted by atomic mass is 35.5. The minimum Gasteiger partial charge on any atom is -0.294 e. The number of hydrogen-bond acceptors (Lipinski definition) is 5. The van der Waals surface area contributed by atoms with E-state index in [1.807, 2.05) is 6.07 Å². The zero-order valence-electron chi connectivity index (χ0n) is 12.1. The molecule has 1 aliphatic carbocycles. The smallest absolute Gasteiger partial charge is 0.199 e. The van der Waals surface area contributed by atoms with Crippen LogP contribution in [0.15, 0.2) is 27.6 Å². The third kappa shape index (κ3) is 2.50. The molecule has 0 aromatic heterocycles. The first-order valence-electron chi connectivity index (χ1n) is 7.12. The van der Waals surface area contributed by atoms with E-state index in [9.17, 15) is 23.3 Å². The molecule has 0 amide bonds. The highest BCUT2D eigenvalue weighted by molar-refractivity contribution is 7.91. The summed E-state index contributed by atoms with van der Waals surface area (Å²) in [5.41, 5.74) is 0.365. The molecular weight excluding hydrogens is 338 g/mol. The zero-order valence-corrected chi connectivity index (χ0v) is 13.6. The van der Waals surface area contributed by atoms with E-state index in [1.165, 1.54) is 12.1 Å². The lowest BCUT2D eigenvalue weighted by Crippen LogP contribution is -2.19. The largest absolute Gasteiger partial charge is 0.294 e. The summed E-state index contributed by atoms with van der Waals surface area (Å²) in [5, 5.41) is 9.61. The first kappa shape index (κ1) is 15.9. The fraction of sp³-hybridized carbons (Fsp3) is 0.312. The predicted octanol–water partition coefficient (Wildman–Crippen LogP) is 2.32. The predicted molar refractivity (Wildman–Crippen MR) is 83.0 cm³/mol. The SMILES string of the molecule is N#Cc1c(C(=O)C2=C(Cl)CCCC2=O)ccc2c1CCS2(=O)=O. The minimum atomic E-state index is -3.39. The van der Waals surface area contributed by atoms with E-state index in [0.717, 1.165) is 0 Å². The Morgan fingerprint density at radius 3 is 2.61 bits per heavy atom. The zero-order chi connectivity index (χ0) is 16.8. The van der Waals surface area contributed by atoms with Crippen LogP contribution in [-0.4, -0.2) is 25.7 Å². The second kappa shape index (κ2) is 5.59. The van der Waals surface area contributed by atoms with Gasteiger partial charge in [0.2, 0.25) is 0 Å². The van der Waals surface area contributed by atoms with E-state index in [-0.39, 0.29) is 51.0 Å². The van der Waals surface area contributed by atoms with Crippen LogP contribution in [0.5, 0.6) is 0 Å². The van der Waals surface area contributed by atoms with Crippen LogP contribution in [0.1, 0.15) is 40.7 Å². The van der Waals surface area contributed by atoms with Gasteiger partial charge in [0.05, 0.1) is 21.8 Å². The van der Waals surface area contributed by atoms with Crippen LogP contribution in [0.3, 0.4) is 0 Å². The van der Waals surface area contributed by atoms with E-state index in [0.29, 0.717) is 18.4 Å². The molecule has 0 atom stereocenters. The number of nitriles is 1. The molecule has 0 radical (unpaired) electrons. The summed E-state index contributed by atoms with van der Waals surface area (Å²) >= 11 is 6.04.